The van der Waals surface area contributed by atoms with E-state index < -0.39 is 0 Å². The monoisotopic (exact) mass is 862 g/mol. The highest BCUT2D eigenvalue weighted by atomic mass is 14.2. The van der Waals surface area contributed by atoms with Crippen LogP contribution in [0.3, 0.4) is 0 Å². The van der Waals surface area contributed by atoms with Crippen LogP contribution in [0, 0.1) is 0 Å². The number of fused-ring (bicyclic) bond motifs is 4. The van der Waals surface area contributed by atoms with E-state index in [1.807, 2.05) is 0 Å². The normalized spacial score (nSPS) is 11.7. The average molecular weight is 863 g/mol. The van der Waals surface area contributed by atoms with Crippen LogP contribution in [-0.2, 0) is 0 Å². The summed E-state index contributed by atoms with van der Waals surface area (Å²) in [4.78, 5) is 0. The van der Waals surface area contributed by atoms with E-state index in [1.54, 1.807) is 0 Å². The molecule has 0 heterocycles. The molecule has 0 heteroatoms. The number of hydrogen-bond donors (Lipinski definition) is 0. The van der Waals surface area contributed by atoms with Crippen molar-refractivity contribution >= 4 is 67.4 Å². The third kappa shape index (κ3) is 8.00. The van der Waals surface area contributed by atoms with E-state index >= 15 is 0 Å². The van der Waals surface area contributed by atoms with Gasteiger partial charge in [-0.3, -0.25) is 0 Å². The Morgan fingerprint density at radius 2 is 0.559 bits per heavy atom. The molecule has 0 unspecified atom stereocenters. The van der Waals surface area contributed by atoms with Crippen LogP contribution in [0.15, 0.2) is 255 Å². The minimum absolute atomic E-state index is 1.18. The molecule has 0 saturated heterocycles. The van der Waals surface area contributed by atoms with Crippen LogP contribution in [0.1, 0.15) is 22.3 Å². The minimum Gasteiger partial charge on any atom is -0.0622 e. The van der Waals surface area contributed by atoms with Crippen LogP contribution in [0.2, 0.25) is 0 Å². The highest BCUT2D eigenvalue weighted by molar-refractivity contribution is 6.25. The van der Waals surface area contributed by atoms with Gasteiger partial charge in [0.1, 0.15) is 0 Å². The van der Waals surface area contributed by atoms with Gasteiger partial charge in [-0.15, -0.1) is 0 Å². The van der Waals surface area contributed by atoms with Crippen molar-refractivity contribution in [1.29, 1.82) is 0 Å². The maximum Gasteiger partial charge on any atom is -0.00141 e. The maximum absolute atomic E-state index is 2.39. The SMILES string of the molecule is C(=Cc1cccc(-c2ccc3cc(-c4c5ccccc5c(-c5ccc6cc(-c7cccc(C=Cc8ccccc8)c7)ccc6c5)c5c(-c6ccccc6)cccc45)ccc3c2)c1)c1ccccc1. The molecule has 318 valence electrons. The van der Waals surface area contributed by atoms with Gasteiger partial charge >= 0.3 is 0 Å². The molecule has 0 bridgehead atoms. The van der Waals surface area contributed by atoms with Crippen molar-refractivity contribution < 1.29 is 0 Å². The zero-order valence-electron chi connectivity index (χ0n) is 37.6. The Balaban J connectivity index is 0.957. The highest BCUT2D eigenvalue weighted by Gasteiger charge is 2.20. The second-order valence-electron chi connectivity index (χ2n) is 17.7. The summed E-state index contributed by atoms with van der Waals surface area (Å²) in [6, 6.07) is 93.1. The molecule has 0 aliphatic heterocycles. The van der Waals surface area contributed by atoms with E-state index in [2.05, 4.69) is 279 Å². The molecule has 0 fully saturated rings. The molecule has 0 nitrogen and oxygen atoms in total. The van der Waals surface area contributed by atoms with Gasteiger partial charge in [0.05, 0.1) is 0 Å². The smallest absolute Gasteiger partial charge is 0.00141 e. The van der Waals surface area contributed by atoms with Crippen LogP contribution in [0.4, 0.5) is 0 Å². The lowest BCUT2D eigenvalue weighted by Crippen LogP contribution is -1.93. The molecular formula is C68H46. The van der Waals surface area contributed by atoms with E-state index in [-0.39, 0.29) is 0 Å². The van der Waals surface area contributed by atoms with Crippen molar-refractivity contribution in [3.63, 3.8) is 0 Å². The van der Waals surface area contributed by atoms with Gasteiger partial charge in [-0.25, -0.2) is 0 Å². The fourth-order valence-electron chi connectivity index (χ4n) is 10.0. The first kappa shape index (κ1) is 40.7. The van der Waals surface area contributed by atoms with Crippen molar-refractivity contribution in [2.45, 2.75) is 0 Å². The Morgan fingerprint density at radius 1 is 0.206 bits per heavy atom. The molecule has 0 radical (unpaired) electrons. The van der Waals surface area contributed by atoms with E-state index in [0.29, 0.717) is 0 Å². The quantitative estimate of drug-likeness (QED) is 0.100. The Labute approximate surface area is 398 Å². The highest BCUT2D eigenvalue weighted by Crippen LogP contribution is 2.48. The molecule has 0 saturated carbocycles. The standard InChI is InChI=1S/C68H46/c1-4-15-47(16-5-1)29-31-49-19-12-23-52(41-49)54-33-35-58-45-60(39-37-56(58)43-54)66-63-25-10-11-26-64(63)67(68-62(27-14-28-65(66)68)51-21-8-3-9-22-51)61-40-38-57-44-55(34-36-59(57)46-61)53-24-13-20-50(42-53)32-30-48-17-6-2-7-18-48/h1-46H. The van der Waals surface area contributed by atoms with Gasteiger partial charge in [-0.2, -0.15) is 0 Å². The molecule has 0 spiro atoms. The van der Waals surface area contributed by atoms with Gasteiger partial charge in [0, 0.05) is 0 Å². The predicted octanol–water partition coefficient (Wildman–Crippen LogP) is 19.0. The number of rotatable bonds is 9. The zero-order chi connectivity index (χ0) is 45.2. The minimum atomic E-state index is 1.18. The Hall–Kier alpha value is -8.84. The average Bonchev–Trinajstić information content (AvgIpc) is 3.41. The van der Waals surface area contributed by atoms with E-state index in [4.69, 9.17) is 0 Å². The maximum atomic E-state index is 2.39. The van der Waals surface area contributed by atoms with Crippen LogP contribution < -0.4 is 0 Å². The van der Waals surface area contributed by atoms with Gasteiger partial charge in [0.15, 0.2) is 0 Å². The summed E-state index contributed by atoms with van der Waals surface area (Å²) in [7, 11) is 0. The first-order valence-electron chi connectivity index (χ1n) is 23.5. The van der Waals surface area contributed by atoms with Gasteiger partial charge in [0.25, 0.3) is 0 Å². The van der Waals surface area contributed by atoms with Crippen LogP contribution in [0.5, 0.6) is 0 Å². The summed E-state index contributed by atoms with van der Waals surface area (Å²) in [5.74, 6) is 0. The fourth-order valence-corrected chi connectivity index (χ4v) is 10.0. The summed E-state index contributed by atoms with van der Waals surface area (Å²) >= 11 is 0. The summed E-state index contributed by atoms with van der Waals surface area (Å²) in [5.41, 5.74) is 17.0. The summed E-state index contributed by atoms with van der Waals surface area (Å²) in [5, 5.41) is 9.87. The molecule has 12 aromatic rings. The van der Waals surface area contributed by atoms with Crippen molar-refractivity contribution in [3.05, 3.63) is 277 Å². The number of benzene rings is 12. The van der Waals surface area contributed by atoms with Gasteiger partial charge in [0.2, 0.25) is 0 Å². The largest absolute Gasteiger partial charge is 0.0622 e. The first-order valence-corrected chi connectivity index (χ1v) is 23.5. The lowest BCUT2D eigenvalue weighted by atomic mass is 9.82. The Kier molecular flexibility index (Phi) is 10.7. The van der Waals surface area contributed by atoms with Crippen molar-refractivity contribution in [3.8, 4) is 55.6 Å². The Morgan fingerprint density at radius 3 is 1.09 bits per heavy atom. The van der Waals surface area contributed by atoms with Gasteiger partial charge in [-0.1, -0.05) is 243 Å². The Bertz CT molecular complexity index is 3870. The molecule has 0 N–H and O–H groups in total. The summed E-state index contributed by atoms with van der Waals surface area (Å²) in [6.45, 7) is 0. The van der Waals surface area contributed by atoms with Gasteiger partial charge in [-0.05, 0) is 157 Å². The number of hydrogen-bond acceptors (Lipinski definition) is 0. The van der Waals surface area contributed by atoms with E-state index in [0.717, 1.165) is 0 Å². The second kappa shape index (κ2) is 17.9. The lowest BCUT2D eigenvalue weighted by molar-refractivity contribution is 1.61. The van der Waals surface area contributed by atoms with Crippen molar-refractivity contribution in [2.24, 2.45) is 0 Å². The van der Waals surface area contributed by atoms with E-state index in [9.17, 15) is 0 Å². The van der Waals surface area contributed by atoms with Crippen LogP contribution >= 0.6 is 0 Å². The molecule has 12 aromatic carbocycles. The van der Waals surface area contributed by atoms with Crippen molar-refractivity contribution in [1.82, 2.24) is 0 Å². The van der Waals surface area contributed by atoms with Gasteiger partial charge < -0.3 is 0 Å². The topological polar surface area (TPSA) is 0 Å². The van der Waals surface area contributed by atoms with Crippen molar-refractivity contribution in [2.75, 3.05) is 0 Å². The summed E-state index contributed by atoms with van der Waals surface area (Å²) < 4.78 is 0. The molecule has 0 aliphatic rings. The third-order valence-electron chi connectivity index (χ3n) is 13.4. The first-order chi connectivity index (χ1) is 33.7. The molecule has 68 heavy (non-hydrogen) atoms. The molecular weight excluding hydrogens is 817 g/mol. The zero-order valence-corrected chi connectivity index (χ0v) is 37.6. The third-order valence-corrected chi connectivity index (χ3v) is 13.4. The van der Waals surface area contributed by atoms with E-state index in [1.165, 1.54) is 121 Å². The van der Waals surface area contributed by atoms with Crippen LogP contribution in [-0.4, -0.2) is 0 Å². The van der Waals surface area contributed by atoms with Crippen LogP contribution in [0.25, 0.3) is 123 Å². The summed E-state index contributed by atoms with van der Waals surface area (Å²) in [6.07, 6.45) is 8.74. The lowest BCUT2D eigenvalue weighted by Gasteiger charge is -2.21. The molecule has 12 rings (SSSR count). The molecule has 0 amide bonds. The molecule has 0 aliphatic carbocycles. The predicted molar refractivity (Wildman–Crippen MR) is 294 cm³/mol. The fraction of sp³-hybridized carbons (Fsp3) is 0. The molecule has 0 aromatic heterocycles. The second-order valence-corrected chi connectivity index (χ2v) is 17.7. The molecule has 0 atom stereocenters.